The highest BCUT2D eigenvalue weighted by Crippen LogP contribution is 2.24. The number of fused-ring (bicyclic) bond motifs is 1. The standard InChI is InChI=1S/C13H16N4/c1-9-7-11(14)8-17(9)12-5-4-10-3-2-6-15-13(10)16-12/h2-6,9,11H,7-8,14H2,1H3/t9-,11-/m0/s1. The molecule has 3 heterocycles. The summed E-state index contributed by atoms with van der Waals surface area (Å²) in [6.45, 7) is 3.07. The van der Waals surface area contributed by atoms with E-state index in [2.05, 4.69) is 33.9 Å². The second kappa shape index (κ2) is 3.96. The van der Waals surface area contributed by atoms with Gasteiger partial charge in [-0.3, -0.25) is 0 Å². The molecule has 1 aliphatic heterocycles. The van der Waals surface area contributed by atoms with Crippen molar-refractivity contribution in [2.45, 2.75) is 25.4 Å². The first-order valence-corrected chi connectivity index (χ1v) is 5.98. The summed E-state index contributed by atoms with van der Waals surface area (Å²) in [5, 5.41) is 1.08. The van der Waals surface area contributed by atoms with E-state index in [4.69, 9.17) is 5.73 Å². The molecule has 2 aromatic heterocycles. The zero-order chi connectivity index (χ0) is 11.8. The fraction of sp³-hybridized carbons (Fsp3) is 0.385. The highest BCUT2D eigenvalue weighted by Gasteiger charge is 2.27. The van der Waals surface area contributed by atoms with E-state index in [1.807, 2.05) is 12.1 Å². The highest BCUT2D eigenvalue weighted by molar-refractivity contribution is 5.76. The van der Waals surface area contributed by atoms with Crippen molar-refractivity contribution in [2.24, 2.45) is 5.73 Å². The van der Waals surface area contributed by atoms with Crippen LogP contribution in [0.4, 0.5) is 5.82 Å². The molecule has 0 spiro atoms. The molecule has 1 aliphatic rings. The van der Waals surface area contributed by atoms with E-state index in [1.165, 1.54) is 0 Å². The van der Waals surface area contributed by atoms with Gasteiger partial charge in [0.15, 0.2) is 5.65 Å². The van der Waals surface area contributed by atoms with E-state index in [9.17, 15) is 0 Å². The van der Waals surface area contributed by atoms with E-state index < -0.39 is 0 Å². The summed E-state index contributed by atoms with van der Waals surface area (Å²) < 4.78 is 0. The Kier molecular flexibility index (Phi) is 2.44. The maximum Gasteiger partial charge on any atom is 0.161 e. The van der Waals surface area contributed by atoms with Gasteiger partial charge in [-0.1, -0.05) is 0 Å². The van der Waals surface area contributed by atoms with Crippen LogP contribution in [0.15, 0.2) is 30.5 Å². The van der Waals surface area contributed by atoms with Gasteiger partial charge in [0.05, 0.1) is 0 Å². The second-order valence-electron chi connectivity index (χ2n) is 4.72. The van der Waals surface area contributed by atoms with Crippen LogP contribution in [0.5, 0.6) is 0 Å². The summed E-state index contributed by atoms with van der Waals surface area (Å²) in [4.78, 5) is 11.2. The Bertz CT molecular complexity index is 540. The number of nitrogens with zero attached hydrogens (tertiary/aromatic N) is 3. The van der Waals surface area contributed by atoms with Gasteiger partial charge in [-0.15, -0.1) is 0 Å². The monoisotopic (exact) mass is 228 g/mol. The Labute approximate surface area is 100 Å². The predicted octanol–water partition coefficient (Wildman–Crippen LogP) is 1.56. The third-order valence-corrected chi connectivity index (χ3v) is 3.35. The van der Waals surface area contributed by atoms with Gasteiger partial charge in [-0.05, 0) is 37.6 Å². The normalized spacial score (nSPS) is 24.5. The lowest BCUT2D eigenvalue weighted by Crippen LogP contribution is -2.29. The van der Waals surface area contributed by atoms with Gasteiger partial charge in [0.1, 0.15) is 5.82 Å². The van der Waals surface area contributed by atoms with Crippen LogP contribution in [-0.2, 0) is 0 Å². The third-order valence-electron chi connectivity index (χ3n) is 3.35. The molecule has 17 heavy (non-hydrogen) atoms. The first-order chi connectivity index (χ1) is 8.24. The van der Waals surface area contributed by atoms with Gasteiger partial charge in [0.25, 0.3) is 0 Å². The van der Waals surface area contributed by atoms with Crippen molar-refractivity contribution >= 4 is 16.9 Å². The fourth-order valence-electron chi connectivity index (χ4n) is 2.49. The van der Waals surface area contributed by atoms with Gasteiger partial charge < -0.3 is 10.6 Å². The smallest absolute Gasteiger partial charge is 0.161 e. The van der Waals surface area contributed by atoms with Crippen molar-refractivity contribution in [1.29, 1.82) is 0 Å². The average Bonchev–Trinajstić information content (AvgIpc) is 2.68. The molecule has 0 saturated carbocycles. The van der Waals surface area contributed by atoms with Gasteiger partial charge in [-0.2, -0.15) is 0 Å². The van der Waals surface area contributed by atoms with Crippen LogP contribution in [0.3, 0.4) is 0 Å². The van der Waals surface area contributed by atoms with Crippen molar-refractivity contribution in [3.05, 3.63) is 30.5 Å². The quantitative estimate of drug-likeness (QED) is 0.804. The molecule has 0 unspecified atom stereocenters. The van der Waals surface area contributed by atoms with Crippen LogP contribution >= 0.6 is 0 Å². The van der Waals surface area contributed by atoms with Crippen LogP contribution in [0.2, 0.25) is 0 Å². The molecule has 1 saturated heterocycles. The molecule has 0 radical (unpaired) electrons. The number of hydrogen-bond donors (Lipinski definition) is 1. The molecule has 4 nitrogen and oxygen atoms in total. The summed E-state index contributed by atoms with van der Waals surface area (Å²) in [5.74, 6) is 0.983. The molecule has 0 aliphatic carbocycles. The van der Waals surface area contributed by atoms with Gasteiger partial charge in [-0.25, -0.2) is 9.97 Å². The predicted molar refractivity (Wildman–Crippen MR) is 68.9 cm³/mol. The molecule has 0 bridgehead atoms. The van der Waals surface area contributed by atoms with E-state index in [1.54, 1.807) is 6.20 Å². The molecule has 2 aromatic rings. The second-order valence-corrected chi connectivity index (χ2v) is 4.72. The number of hydrogen-bond acceptors (Lipinski definition) is 4. The lowest BCUT2D eigenvalue weighted by Gasteiger charge is -2.22. The van der Waals surface area contributed by atoms with Crippen LogP contribution in [0.1, 0.15) is 13.3 Å². The number of aromatic nitrogens is 2. The minimum absolute atomic E-state index is 0.256. The third kappa shape index (κ3) is 1.85. The fourth-order valence-corrected chi connectivity index (χ4v) is 2.49. The molecule has 2 N–H and O–H groups in total. The molecule has 0 aromatic carbocycles. The van der Waals surface area contributed by atoms with E-state index in [0.29, 0.717) is 6.04 Å². The van der Waals surface area contributed by atoms with Crippen molar-refractivity contribution < 1.29 is 0 Å². The zero-order valence-electron chi connectivity index (χ0n) is 9.87. The SMILES string of the molecule is C[C@H]1C[C@H](N)CN1c1ccc2cccnc2n1. The first kappa shape index (κ1) is 10.5. The molecular formula is C13H16N4. The van der Waals surface area contributed by atoms with Crippen molar-refractivity contribution in [3.63, 3.8) is 0 Å². The molecule has 2 atom stereocenters. The number of pyridine rings is 2. The number of nitrogens with two attached hydrogens (primary N) is 1. The molecular weight excluding hydrogens is 212 g/mol. The largest absolute Gasteiger partial charge is 0.352 e. The molecule has 1 fully saturated rings. The Morgan fingerprint density at radius 3 is 3.00 bits per heavy atom. The average molecular weight is 228 g/mol. The van der Waals surface area contributed by atoms with Crippen molar-refractivity contribution in [3.8, 4) is 0 Å². The topological polar surface area (TPSA) is 55.0 Å². The lowest BCUT2D eigenvalue weighted by atomic mass is 10.2. The Morgan fingerprint density at radius 1 is 1.35 bits per heavy atom. The molecule has 0 amide bonds. The van der Waals surface area contributed by atoms with Crippen molar-refractivity contribution in [1.82, 2.24) is 9.97 Å². The summed E-state index contributed by atoms with van der Waals surface area (Å²) >= 11 is 0. The minimum atomic E-state index is 0.256. The minimum Gasteiger partial charge on any atom is -0.352 e. The summed E-state index contributed by atoms with van der Waals surface area (Å²) in [6, 6.07) is 8.79. The highest BCUT2D eigenvalue weighted by atomic mass is 15.2. The first-order valence-electron chi connectivity index (χ1n) is 5.98. The molecule has 3 rings (SSSR count). The van der Waals surface area contributed by atoms with E-state index in [-0.39, 0.29) is 6.04 Å². The zero-order valence-corrected chi connectivity index (χ0v) is 9.87. The van der Waals surface area contributed by atoms with Gasteiger partial charge >= 0.3 is 0 Å². The van der Waals surface area contributed by atoms with Crippen LogP contribution in [0, 0.1) is 0 Å². The van der Waals surface area contributed by atoms with Gasteiger partial charge in [0.2, 0.25) is 0 Å². The van der Waals surface area contributed by atoms with Crippen molar-refractivity contribution in [2.75, 3.05) is 11.4 Å². The Balaban J connectivity index is 2.00. The van der Waals surface area contributed by atoms with Crippen LogP contribution in [-0.4, -0.2) is 28.6 Å². The van der Waals surface area contributed by atoms with Crippen LogP contribution < -0.4 is 10.6 Å². The van der Waals surface area contributed by atoms with Gasteiger partial charge in [0, 0.05) is 30.2 Å². The maximum absolute atomic E-state index is 5.98. The molecule has 88 valence electrons. The van der Waals surface area contributed by atoms with E-state index >= 15 is 0 Å². The Hall–Kier alpha value is -1.68. The summed E-state index contributed by atoms with van der Waals surface area (Å²) in [5.41, 5.74) is 6.78. The maximum atomic E-state index is 5.98. The molecule has 4 heteroatoms. The summed E-state index contributed by atoms with van der Waals surface area (Å²) in [6.07, 6.45) is 2.81. The Morgan fingerprint density at radius 2 is 2.24 bits per heavy atom. The number of anilines is 1. The lowest BCUT2D eigenvalue weighted by molar-refractivity contribution is 0.689. The van der Waals surface area contributed by atoms with E-state index in [0.717, 1.165) is 29.8 Å². The van der Waals surface area contributed by atoms with Crippen LogP contribution in [0.25, 0.3) is 11.0 Å². The number of rotatable bonds is 1. The summed E-state index contributed by atoms with van der Waals surface area (Å²) in [7, 11) is 0.